The van der Waals surface area contributed by atoms with Crippen molar-refractivity contribution in [3.63, 3.8) is 0 Å². The van der Waals surface area contributed by atoms with Crippen LogP contribution >= 0.6 is 0 Å². The molecule has 1 aromatic carbocycles. The predicted molar refractivity (Wildman–Crippen MR) is 279 cm³/mol. The number of nitrogens with zero attached hydrogens (tertiary/aromatic N) is 1. The summed E-state index contributed by atoms with van der Waals surface area (Å²) in [5.41, 5.74) is 27.7. The molecule has 1 aromatic rings. The minimum Gasteiger partial charge on any atom is -0.508 e. The Morgan fingerprint density at radius 1 is 0.526 bits per heavy atom. The van der Waals surface area contributed by atoms with E-state index < -0.39 is 170 Å². The van der Waals surface area contributed by atoms with Gasteiger partial charge in [-0.15, -0.1) is 0 Å². The van der Waals surface area contributed by atoms with Crippen molar-refractivity contribution < 1.29 is 67.4 Å². The summed E-state index contributed by atoms with van der Waals surface area (Å²) >= 11 is 0. The molecule has 2 fully saturated rings. The number of amides is 13. The molecule has 3 rings (SSSR count). The Morgan fingerprint density at radius 3 is 1.44 bits per heavy atom. The quantitative estimate of drug-likeness (QED) is 0.0461. The van der Waals surface area contributed by atoms with Gasteiger partial charge in [0.05, 0.1) is 25.7 Å². The van der Waals surface area contributed by atoms with E-state index in [1.165, 1.54) is 24.3 Å². The summed E-state index contributed by atoms with van der Waals surface area (Å²) in [5, 5.41) is 26.9. The Labute approximate surface area is 452 Å². The maximum absolute atomic E-state index is 14.3. The molecule has 0 saturated carbocycles. The summed E-state index contributed by atoms with van der Waals surface area (Å²) < 4.78 is 0. The molecular weight excluding hydrogens is 1020 g/mol. The van der Waals surface area contributed by atoms with E-state index in [1.54, 1.807) is 0 Å². The summed E-state index contributed by atoms with van der Waals surface area (Å²) in [6.45, 7) is 4.24. The van der Waals surface area contributed by atoms with Gasteiger partial charge in [-0.3, -0.25) is 62.3 Å². The number of phenols is 1. The van der Waals surface area contributed by atoms with Crippen LogP contribution in [-0.4, -0.2) is 142 Å². The third-order valence-corrected chi connectivity index (χ3v) is 13.2. The summed E-state index contributed by atoms with van der Waals surface area (Å²) in [7, 11) is 0. The van der Waals surface area contributed by atoms with Crippen molar-refractivity contribution in [2.45, 2.75) is 191 Å². The largest absolute Gasteiger partial charge is 0.508 e. The highest BCUT2D eigenvalue weighted by atomic mass is 16.3. The lowest BCUT2D eigenvalue weighted by molar-refractivity contribution is -0.143. The van der Waals surface area contributed by atoms with E-state index in [-0.39, 0.29) is 38.0 Å². The van der Waals surface area contributed by atoms with E-state index in [4.69, 9.17) is 28.7 Å². The molecule has 2 heterocycles. The van der Waals surface area contributed by atoms with Crippen molar-refractivity contribution >= 4 is 76.8 Å². The number of benzene rings is 1. The number of aromatic hydroxyl groups is 1. The standard InChI is InChI=1S/C51H79N13O14/c1-28(2)12-9-7-5-3-4-6-8-10-13-30-23-44(71)58-34(24-40(53)67)47(74)60-33(22-29-15-17-31(65)18-16-29)46(73)62-36(26-42(55)69)48(75)59-32(19-20-39(52)66)51(78)64-21-11-14-38(64)50(77)63-37(27-43(56)70)49(76)61-35(25-41(54)68)45(72)57-30/h15-18,28,30,32-38,65H,3-14,19-27H2,1-2H3,(H2,52,66)(H2,53,67)(H2,54,68)(H2,55,69)(H2,56,70)(H,57,72)(H,58,71)(H,59,75)(H,60,74)(H,61,76)(H,62,73)(H,63,77)/t30?,32-,33+,34+,35+,36-,37+,38+/m1/s1. The highest BCUT2D eigenvalue weighted by Crippen LogP contribution is 2.21. The van der Waals surface area contributed by atoms with E-state index in [0.717, 1.165) is 49.8 Å². The molecule has 2 aliphatic heterocycles. The molecule has 2 aliphatic rings. The van der Waals surface area contributed by atoms with Gasteiger partial charge in [-0.1, -0.05) is 83.8 Å². The second-order valence-corrected chi connectivity index (χ2v) is 20.4. The first-order valence-corrected chi connectivity index (χ1v) is 26.4. The van der Waals surface area contributed by atoms with Gasteiger partial charge in [-0.2, -0.15) is 0 Å². The van der Waals surface area contributed by atoms with Crippen LogP contribution < -0.4 is 65.9 Å². The lowest BCUT2D eigenvalue weighted by Crippen LogP contribution is -2.60. The minimum absolute atomic E-state index is 0.0200. The molecule has 0 aliphatic carbocycles. The molecule has 0 spiro atoms. The average Bonchev–Trinajstić information content (AvgIpc) is 3.84. The van der Waals surface area contributed by atoms with Crippen LogP contribution in [0.15, 0.2) is 24.3 Å². The van der Waals surface area contributed by atoms with Gasteiger partial charge in [0.25, 0.3) is 0 Å². The minimum atomic E-state index is -1.87. The number of carbonyl (C=O) groups excluding carboxylic acids is 13. The molecule has 0 radical (unpaired) electrons. The van der Waals surface area contributed by atoms with Gasteiger partial charge in [-0.05, 0) is 49.3 Å². The van der Waals surface area contributed by atoms with Gasteiger partial charge < -0.3 is 75.9 Å². The Morgan fingerprint density at radius 2 is 0.949 bits per heavy atom. The first kappa shape index (κ1) is 64.4. The maximum Gasteiger partial charge on any atom is 0.245 e. The van der Waals surface area contributed by atoms with Crippen LogP contribution in [0.5, 0.6) is 5.75 Å². The molecule has 18 N–H and O–H groups in total. The van der Waals surface area contributed by atoms with Gasteiger partial charge in [0.2, 0.25) is 76.8 Å². The number of phenolic OH excluding ortho intramolecular Hbond substituents is 1. The zero-order chi connectivity index (χ0) is 58.1. The first-order valence-electron chi connectivity index (χ1n) is 26.4. The van der Waals surface area contributed by atoms with Crippen LogP contribution in [-0.2, 0) is 68.7 Å². The van der Waals surface area contributed by atoms with Gasteiger partial charge >= 0.3 is 0 Å². The number of nitrogens with two attached hydrogens (primary N) is 5. The summed E-state index contributed by atoms with van der Waals surface area (Å²) in [6, 6.07) is -7.63. The van der Waals surface area contributed by atoms with E-state index in [2.05, 4.69) is 51.1 Å². The molecule has 8 atom stereocenters. The first-order chi connectivity index (χ1) is 36.8. The number of unbranched alkanes of at least 4 members (excludes halogenated alkanes) is 7. The van der Waals surface area contributed by atoms with Crippen molar-refractivity contribution in [1.29, 1.82) is 0 Å². The van der Waals surface area contributed by atoms with Gasteiger partial charge in [-0.25, -0.2) is 0 Å². The molecule has 27 nitrogen and oxygen atoms in total. The maximum atomic E-state index is 14.3. The Bertz CT molecular complexity index is 2320. The number of nitrogens with one attached hydrogen (secondary N) is 7. The zero-order valence-electron chi connectivity index (χ0n) is 44.4. The lowest BCUT2D eigenvalue weighted by Gasteiger charge is -2.31. The second-order valence-electron chi connectivity index (χ2n) is 20.4. The smallest absolute Gasteiger partial charge is 0.245 e. The van der Waals surface area contributed by atoms with Gasteiger partial charge in [0, 0.05) is 31.8 Å². The van der Waals surface area contributed by atoms with Crippen LogP contribution in [0, 0.1) is 5.92 Å². The Hall–Kier alpha value is -7.87. The Kier molecular flexibility index (Phi) is 27.0. The highest BCUT2D eigenvalue weighted by molar-refractivity contribution is 6.01. The van der Waals surface area contributed by atoms with Crippen molar-refractivity contribution in [3.8, 4) is 5.75 Å². The lowest BCUT2D eigenvalue weighted by atomic mass is 10.0. The monoisotopic (exact) mass is 1100 g/mol. The average molecular weight is 1100 g/mol. The molecular formula is C51H79N13O14. The summed E-state index contributed by atoms with van der Waals surface area (Å²) in [6.07, 6.45) is 3.42. The van der Waals surface area contributed by atoms with E-state index in [9.17, 15) is 67.4 Å². The molecule has 0 bridgehead atoms. The van der Waals surface area contributed by atoms with Crippen LogP contribution in [0.3, 0.4) is 0 Å². The number of fused-ring (bicyclic) bond motifs is 1. The van der Waals surface area contributed by atoms with Crippen molar-refractivity contribution in [3.05, 3.63) is 29.8 Å². The fourth-order valence-electron chi connectivity index (χ4n) is 9.13. The number of rotatable bonds is 24. The molecule has 1 unspecified atom stereocenters. The van der Waals surface area contributed by atoms with E-state index in [1.807, 2.05) is 0 Å². The molecule has 27 heteroatoms. The predicted octanol–water partition coefficient (Wildman–Crippen LogP) is -2.95. The van der Waals surface area contributed by atoms with Gasteiger partial charge in [0.15, 0.2) is 0 Å². The topological polar surface area (TPSA) is 460 Å². The SMILES string of the molecule is CC(C)CCCCCCCCCCC1CC(=O)N[C@@H](CC(N)=O)C(=O)N[C@@H](Cc2ccc(O)cc2)C(=O)N[C@H](CC(N)=O)C(=O)N[C@H](CCC(N)=O)C(=O)N2CCC[C@H]2C(=O)N[C@@H](CC(N)=O)C(=O)N[C@@H](CC(N)=O)C(=O)N1. The normalized spacial score (nSPS) is 23.4. The van der Waals surface area contributed by atoms with Crippen LogP contribution in [0.2, 0.25) is 0 Å². The number of carbonyl (C=O) groups is 13. The summed E-state index contributed by atoms with van der Waals surface area (Å²) in [5.74, 6) is -13.3. The van der Waals surface area contributed by atoms with Crippen LogP contribution in [0.25, 0.3) is 0 Å². The molecule has 432 valence electrons. The van der Waals surface area contributed by atoms with Crippen LogP contribution in [0.4, 0.5) is 0 Å². The van der Waals surface area contributed by atoms with Crippen molar-refractivity contribution in [2.75, 3.05) is 6.54 Å². The zero-order valence-corrected chi connectivity index (χ0v) is 44.4. The fourth-order valence-corrected chi connectivity index (χ4v) is 9.13. The summed E-state index contributed by atoms with van der Waals surface area (Å²) in [4.78, 5) is 176. The molecule has 78 heavy (non-hydrogen) atoms. The van der Waals surface area contributed by atoms with E-state index >= 15 is 0 Å². The van der Waals surface area contributed by atoms with Crippen LogP contribution in [0.1, 0.15) is 141 Å². The number of hydrogen-bond donors (Lipinski definition) is 13. The highest BCUT2D eigenvalue weighted by Gasteiger charge is 2.41. The molecule has 2 saturated heterocycles. The van der Waals surface area contributed by atoms with Crippen molar-refractivity contribution in [2.24, 2.45) is 34.6 Å². The van der Waals surface area contributed by atoms with Crippen molar-refractivity contribution in [1.82, 2.24) is 42.1 Å². The number of primary amides is 5. The third kappa shape index (κ3) is 23.6. The number of hydrogen-bond acceptors (Lipinski definition) is 14. The molecule has 0 aromatic heterocycles. The van der Waals surface area contributed by atoms with Gasteiger partial charge in [0.1, 0.15) is 48.0 Å². The Balaban J connectivity index is 2.14. The van der Waals surface area contributed by atoms with E-state index in [0.29, 0.717) is 24.3 Å². The third-order valence-electron chi connectivity index (χ3n) is 13.2. The second kappa shape index (κ2) is 32.7. The molecule has 13 amide bonds. The fraction of sp³-hybridized carbons (Fsp3) is 0.627.